The van der Waals surface area contributed by atoms with E-state index < -0.39 is 17.8 Å². The number of hydrogen-bond donors (Lipinski definition) is 2. The van der Waals surface area contributed by atoms with Gasteiger partial charge in [-0.25, -0.2) is 0 Å². The third-order valence-corrected chi connectivity index (χ3v) is 3.86. The van der Waals surface area contributed by atoms with Crippen molar-refractivity contribution >= 4 is 34.9 Å². The summed E-state index contributed by atoms with van der Waals surface area (Å²) >= 11 is 11.8. The molecule has 0 heterocycles. The summed E-state index contributed by atoms with van der Waals surface area (Å²) in [4.78, 5) is 23.9. The zero-order valence-corrected chi connectivity index (χ0v) is 13.9. The number of rotatable bonds is 5. The molecule has 0 spiro atoms. The Kier molecular flexibility index (Phi) is 5.77. The zero-order chi connectivity index (χ0) is 17.0. The second-order valence-electron chi connectivity index (χ2n) is 5.09. The van der Waals surface area contributed by atoms with Gasteiger partial charge in [0.05, 0.1) is 6.10 Å². The average Bonchev–Trinajstić information content (AvgIpc) is 2.52. The molecule has 0 aromatic heterocycles. The van der Waals surface area contributed by atoms with Crippen LogP contribution in [0.2, 0.25) is 10.0 Å². The number of carbonyl (C=O) groups excluding carboxylic acids is 2. The van der Waals surface area contributed by atoms with Crippen molar-refractivity contribution in [2.45, 2.75) is 13.0 Å². The van der Waals surface area contributed by atoms with Crippen LogP contribution in [-0.4, -0.2) is 23.3 Å². The Morgan fingerprint density at radius 1 is 1.13 bits per heavy atom. The van der Waals surface area contributed by atoms with Gasteiger partial charge in [-0.15, -0.1) is 0 Å². The number of nitrogens with one attached hydrogen (secondary N) is 1. The first kappa shape index (κ1) is 17.5. The molecule has 2 aromatic carbocycles. The van der Waals surface area contributed by atoms with E-state index >= 15 is 0 Å². The van der Waals surface area contributed by atoms with Crippen LogP contribution in [-0.2, 0) is 4.79 Å². The Hall–Kier alpha value is -1.88. The fraction of sp³-hybridized carbons (Fsp3) is 0.176. The Balaban J connectivity index is 1.98. The smallest absolute Gasteiger partial charge is 0.292 e. The van der Waals surface area contributed by atoms with E-state index in [-0.39, 0.29) is 6.54 Å². The molecule has 2 aromatic rings. The number of halogens is 2. The van der Waals surface area contributed by atoms with Crippen molar-refractivity contribution in [2.75, 3.05) is 6.54 Å². The summed E-state index contributed by atoms with van der Waals surface area (Å²) in [5.41, 5.74) is 1.72. The fourth-order valence-electron chi connectivity index (χ4n) is 1.99. The molecular formula is C17H15Cl2NO3. The van der Waals surface area contributed by atoms with Crippen molar-refractivity contribution in [3.05, 3.63) is 69.2 Å². The number of hydrogen-bond acceptors (Lipinski definition) is 3. The summed E-state index contributed by atoms with van der Waals surface area (Å²) < 4.78 is 0. The minimum absolute atomic E-state index is 0.127. The van der Waals surface area contributed by atoms with Crippen LogP contribution in [0, 0.1) is 6.92 Å². The van der Waals surface area contributed by atoms with E-state index in [1.165, 1.54) is 6.07 Å². The van der Waals surface area contributed by atoms with E-state index in [1.807, 2.05) is 6.92 Å². The van der Waals surface area contributed by atoms with E-state index in [0.29, 0.717) is 21.2 Å². The summed E-state index contributed by atoms with van der Waals surface area (Å²) in [6.45, 7) is 1.76. The molecule has 0 aliphatic rings. The van der Waals surface area contributed by atoms with E-state index in [9.17, 15) is 14.7 Å². The number of aliphatic hydroxyl groups excluding tert-OH is 1. The van der Waals surface area contributed by atoms with E-state index in [2.05, 4.69) is 5.32 Å². The summed E-state index contributed by atoms with van der Waals surface area (Å²) in [6.07, 6.45) is -1.03. The first-order valence-electron chi connectivity index (χ1n) is 6.90. The molecule has 0 saturated heterocycles. The maximum Gasteiger partial charge on any atom is 0.292 e. The summed E-state index contributed by atoms with van der Waals surface area (Å²) in [7, 11) is 0. The van der Waals surface area contributed by atoms with Crippen LogP contribution in [0.15, 0.2) is 42.5 Å². The first-order valence-corrected chi connectivity index (χ1v) is 7.66. The van der Waals surface area contributed by atoms with Crippen LogP contribution in [0.4, 0.5) is 0 Å². The molecule has 6 heteroatoms. The quantitative estimate of drug-likeness (QED) is 0.641. The molecule has 2 rings (SSSR count). The van der Waals surface area contributed by atoms with Crippen molar-refractivity contribution in [1.29, 1.82) is 0 Å². The number of carbonyl (C=O) groups is 2. The van der Waals surface area contributed by atoms with Gasteiger partial charge in [0, 0.05) is 27.7 Å². The lowest BCUT2D eigenvalue weighted by Gasteiger charge is -2.13. The van der Waals surface area contributed by atoms with Gasteiger partial charge in [-0.1, -0.05) is 59.1 Å². The molecule has 1 atom stereocenters. The van der Waals surface area contributed by atoms with Crippen molar-refractivity contribution in [2.24, 2.45) is 0 Å². The predicted molar refractivity (Wildman–Crippen MR) is 89.9 cm³/mol. The van der Waals surface area contributed by atoms with Crippen LogP contribution in [0.1, 0.15) is 27.6 Å². The van der Waals surface area contributed by atoms with Crippen molar-refractivity contribution in [3.63, 3.8) is 0 Å². The number of ketones is 1. The summed E-state index contributed by atoms with van der Waals surface area (Å²) in [6, 6.07) is 11.3. The molecule has 0 aliphatic carbocycles. The van der Waals surface area contributed by atoms with Gasteiger partial charge in [0.15, 0.2) is 0 Å². The molecule has 4 nitrogen and oxygen atoms in total. The Morgan fingerprint density at radius 2 is 1.78 bits per heavy atom. The third kappa shape index (κ3) is 4.55. The van der Waals surface area contributed by atoms with Crippen LogP contribution in [0.3, 0.4) is 0 Å². The number of amides is 1. The maximum absolute atomic E-state index is 12.0. The standard InChI is InChI=1S/C17H15Cl2NO3/c1-10-2-4-11(5-3-10)16(22)17(23)20-9-15(21)13-7-6-12(18)8-14(13)19/h2-8,15,21H,9H2,1H3,(H,20,23). The van der Waals surface area contributed by atoms with Gasteiger partial charge in [0.2, 0.25) is 5.78 Å². The highest BCUT2D eigenvalue weighted by atomic mass is 35.5. The van der Waals surface area contributed by atoms with Crippen LogP contribution in [0.5, 0.6) is 0 Å². The molecule has 2 N–H and O–H groups in total. The molecule has 0 saturated carbocycles. The number of Topliss-reactive ketones (excluding diaryl/α,β-unsaturated/α-hetero) is 1. The fourth-order valence-corrected chi connectivity index (χ4v) is 2.52. The van der Waals surface area contributed by atoms with Gasteiger partial charge in [-0.05, 0) is 19.1 Å². The molecule has 0 fully saturated rings. The average molecular weight is 352 g/mol. The van der Waals surface area contributed by atoms with Crippen LogP contribution >= 0.6 is 23.2 Å². The second-order valence-corrected chi connectivity index (χ2v) is 5.93. The van der Waals surface area contributed by atoms with Crippen molar-refractivity contribution in [3.8, 4) is 0 Å². The lowest BCUT2D eigenvalue weighted by molar-refractivity contribution is -0.117. The maximum atomic E-state index is 12.0. The summed E-state index contributed by atoms with van der Waals surface area (Å²) in [5.74, 6) is -1.43. The van der Waals surface area contributed by atoms with Crippen LogP contribution < -0.4 is 5.32 Å². The molecule has 0 bridgehead atoms. The molecule has 23 heavy (non-hydrogen) atoms. The van der Waals surface area contributed by atoms with E-state index in [0.717, 1.165) is 5.56 Å². The Bertz CT molecular complexity index is 729. The minimum atomic E-state index is -1.03. The van der Waals surface area contributed by atoms with Gasteiger partial charge < -0.3 is 10.4 Å². The highest BCUT2D eigenvalue weighted by Crippen LogP contribution is 2.25. The van der Waals surface area contributed by atoms with Gasteiger partial charge in [0.25, 0.3) is 5.91 Å². The van der Waals surface area contributed by atoms with Gasteiger partial charge in [-0.2, -0.15) is 0 Å². The second kappa shape index (κ2) is 7.59. The van der Waals surface area contributed by atoms with Crippen molar-refractivity contribution in [1.82, 2.24) is 5.32 Å². The number of aryl methyl sites for hydroxylation is 1. The lowest BCUT2D eigenvalue weighted by Crippen LogP contribution is -2.34. The Morgan fingerprint density at radius 3 is 2.39 bits per heavy atom. The highest BCUT2D eigenvalue weighted by molar-refractivity contribution is 6.42. The SMILES string of the molecule is Cc1ccc(C(=O)C(=O)NCC(O)c2ccc(Cl)cc2Cl)cc1. The van der Waals surface area contributed by atoms with Crippen molar-refractivity contribution < 1.29 is 14.7 Å². The zero-order valence-electron chi connectivity index (χ0n) is 12.3. The molecule has 120 valence electrons. The topological polar surface area (TPSA) is 66.4 Å². The normalized spacial score (nSPS) is 11.8. The summed E-state index contributed by atoms with van der Waals surface area (Å²) in [5, 5.41) is 13.2. The van der Waals surface area contributed by atoms with Gasteiger partial charge in [0.1, 0.15) is 0 Å². The third-order valence-electron chi connectivity index (χ3n) is 3.30. The van der Waals surface area contributed by atoms with Gasteiger partial charge in [-0.3, -0.25) is 9.59 Å². The molecule has 0 aliphatic heterocycles. The van der Waals surface area contributed by atoms with Gasteiger partial charge >= 0.3 is 0 Å². The molecule has 0 radical (unpaired) electrons. The van der Waals surface area contributed by atoms with E-state index in [4.69, 9.17) is 23.2 Å². The molecule has 1 unspecified atom stereocenters. The highest BCUT2D eigenvalue weighted by Gasteiger charge is 2.18. The van der Waals surface area contributed by atoms with Crippen LogP contribution in [0.25, 0.3) is 0 Å². The van der Waals surface area contributed by atoms with E-state index in [1.54, 1.807) is 36.4 Å². The monoisotopic (exact) mass is 351 g/mol. The predicted octanol–water partition coefficient (Wildman–Crippen LogP) is 3.33. The largest absolute Gasteiger partial charge is 0.387 e. The lowest BCUT2D eigenvalue weighted by atomic mass is 10.1. The molecular weight excluding hydrogens is 337 g/mol. The number of aliphatic hydroxyl groups is 1. The number of benzene rings is 2. The first-order chi connectivity index (χ1) is 10.9. The Labute approximate surface area is 144 Å². The molecule has 1 amide bonds. The minimum Gasteiger partial charge on any atom is -0.387 e.